The third kappa shape index (κ3) is 5.87. The molecule has 134 valence electrons. The van der Waals surface area contributed by atoms with Crippen LogP contribution in [-0.2, 0) is 11.4 Å². The van der Waals surface area contributed by atoms with Gasteiger partial charge in [0.05, 0.1) is 23.7 Å². The van der Waals surface area contributed by atoms with Crippen molar-refractivity contribution in [2.75, 3.05) is 22.9 Å². The van der Waals surface area contributed by atoms with Gasteiger partial charge in [-0.15, -0.1) is 0 Å². The van der Waals surface area contributed by atoms with Crippen molar-refractivity contribution in [3.63, 3.8) is 0 Å². The Balaban J connectivity index is 1.53. The molecule has 1 aliphatic carbocycles. The van der Waals surface area contributed by atoms with E-state index in [9.17, 15) is 4.55 Å². The fraction of sp³-hybridized carbons (Fsp3) is 0.400. The van der Waals surface area contributed by atoms with Crippen molar-refractivity contribution in [2.45, 2.75) is 32.1 Å². The first-order chi connectivity index (χ1) is 12.2. The number of anilines is 3. The van der Waals surface area contributed by atoms with Crippen LogP contribution in [0.4, 0.5) is 17.1 Å². The summed E-state index contributed by atoms with van der Waals surface area (Å²) in [5.41, 5.74) is 2.78. The van der Waals surface area contributed by atoms with Crippen LogP contribution in [0.5, 0.6) is 5.75 Å². The Labute approximate surface area is 153 Å². The maximum absolute atomic E-state index is 11.3. The molecule has 2 aromatic carbocycles. The fourth-order valence-corrected chi connectivity index (χ4v) is 3.65. The van der Waals surface area contributed by atoms with E-state index < -0.39 is 11.4 Å². The Morgan fingerprint density at radius 1 is 1.00 bits per heavy atom. The van der Waals surface area contributed by atoms with Crippen LogP contribution in [0.2, 0.25) is 0 Å². The Kier molecular flexibility index (Phi) is 6.48. The zero-order chi connectivity index (χ0) is 17.5. The van der Waals surface area contributed by atoms with Crippen molar-refractivity contribution in [2.24, 2.45) is 5.92 Å². The van der Waals surface area contributed by atoms with Crippen LogP contribution in [-0.4, -0.2) is 17.4 Å². The van der Waals surface area contributed by atoms with E-state index in [4.69, 9.17) is 4.74 Å². The van der Waals surface area contributed by atoms with E-state index in [-0.39, 0.29) is 0 Å². The largest absolute Gasteiger partial charge is 0.593 e. The van der Waals surface area contributed by atoms with Crippen molar-refractivity contribution >= 4 is 28.4 Å². The van der Waals surface area contributed by atoms with Crippen LogP contribution in [0.3, 0.4) is 0 Å². The summed E-state index contributed by atoms with van der Waals surface area (Å²) in [5, 5.41) is 3.36. The molecule has 0 aliphatic heterocycles. The first-order valence-corrected chi connectivity index (χ1v) is 10.4. The number of hydrogen-bond acceptors (Lipinski definition) is 4. The Hall–Kier alpha value is -1.85. The second-order valence-corrected chi connectivity index (χ2v) is 7.71. The molecule has 25 heavy (non-hydrogen) atoms. The standard InChI is InChI=1S/C20H26N2O2S/c1-25(23)22-19-9-5-8-18(14-19)21-17-10-12-20(13-11-17)24-15-16-6-3-2-4-7-16/h5,8-14,16,21-22H,2-4,6-7,15H2,1H3. The van der Waals surface area contributed by atoms with Crippen molar-refractivity contribution < 1.29 is 9.29 Å². The lowest BCUT2D eigenvalue weighted by molar-refractivity contribution is 0.209. The molecule has 0 radical (unpaired) electrons. The molecular weight excluding hydrogens is 332 g/mol. The SMILES string of the molecule is C[S+]([O-])Nc1cccc(Nc2ccc(OCC3CCCCC3)cc2)c1. The monoisotopic (exact) mass is 358 g/mol. The third-order valence-electron chi connectivity index (χ3n) is 4.48. The highest BCUT2D eigenvalue weighted by molar-refractivity contribution is 7.92. The van der Waals surface area contributed by atoms with Gasteiger partial charge in [-0.3, -0.25) is 0 Å². The maximum Gasteiger partial charge on any atom is 0.121 e. The first kappa shape index (κ1) is 18.0. The number of hydrogen-bond donors (Lipinski definition) is 2. The van der Waals surface area contributed by atoms with Gasteiger partial charge in [-0.2, -0.15) is 0 Å². The van der Waals surface area contributed by atoms with E-state index in [2.05, 4.69) is 10.0 Å². The smallest absolute Gasteiger partial charge is 0.121 e. The number of ether oxygens (including phenoxy) is 1. The molecule has 5 heteroatoms. The van der Waals surface area contributed by atoms with E-state index in [1.807, 2.05) is 48.5 Å². The molecule has 1 aliphatic rings. The summed E-state index contributed by atoms with van der Waals surface area (Å²) in [5.74, 6) is 1.64. The average Bonchev–Trinajstić information content (AvgIpc) is 2.62. The van der Waals surface area contributed by atoms with Crippen LogP contribution in [0.1, 0.15) is 32.1 Å². The third-order valence-corrected chi connectivity index (χ3v) is 5.00. The van der Waals surface area contributed by atoms with Gasteiger partial charge in [0.1, 0.15) is 12.0 Å². The minimum atomic E-state index is -1.07. The van der Waals surface area contributed by atoms with Crippen LogP contribution in [0.25, 0.3) is 0 Å². The van der Waals surface area contributed by atoms with E-state index in [0.717, 1.165) is 29.4 Å². The molecule has 0 saturated heterocycles. The summed E-state index contributed by atoms with van der Waals surface area (Å²) in [7, 11) is 0. The second-order valence-electron chi connectivity index (χ2n) is 6.60. The lowest BCUT2D eigenvalue weighted by Crippen LogP contribution is -2.15. The van der Waals surface area contributed by atoms with E-state index in [1.54, 1.807) is 6.26 Å². The molecule has 4 nitrogen and oxygen atoms in total. The molecule has 0 aromatic heterocycles. The summed E-state index contributed by atoms with van der Waals surface area (Å²) in [6.45, 7) is 0.828. The predicted molar refractivity (Wildman–Crippen MR) is 106 cm³/mol. The molecule has 0 heterocycles. The molecule has 3 rings (SSSR count). The molecule has 0 amide bonds. The van der Waals surface area contributed by atoms with Crippen LogP contribution in [0, 0.1) is 5.92 Å². The summed E-state index contributed by atoms with van der Waals surface area (Å²) < 4.78 is 20.1. The Bertz CT molecular complexity index is 655. The zero-order valence-electron chi connectivity index (χ0n) is 14.7. The van der Waals surface area contributed by atoms with Gasteiger partial charge < -0.3 is 14.6 Å². The summed E-state index contributed by atoms with van der Waals surface area (Å²) in [6, 6.07) is 15.8. The van der Waals surface area contributed by atoms with Gasteiger partial charge in [0, 0.05) is 11.4 Å². The minimum Gasteiger partial charge on any atom is -0.593 e. The molecule has 0 spiro atoms. The van der Waals surface area contributed by atoms with Crippen molar-refractivity contribution in [1.82, 2.24) is 0 Å². The van der Waals surface area contributed by atoms with Crippen LogP contribution in [0.15, 0.2) is 48.5 Å². The highest BCUT2D eigenvalue weighted by atomic mass is 32.2. The van der Waals surface area contributed by atoms with Gasteiger partial charge in [-0.05, 0) is 61.2 Å². The normalized spacial score (nSPS) is 16.2. The summed E-state index contributed by atoms with van der Waals surface area (Å²) in [6.07, 6.45) is 8.28. The minimum absolute atomic E-state index is 0.714. The van der Waals surface area contributed by atoms with Gasteiger partial charge in [0.25, 0.3) is 0 Å². The van der Waals surface area contributed by atoms with Gasteiger partial charge in [0.15, 0.2) is 0 Å². The van der Waals surface area contributed by atoms with E-state index >= 15 is 0 Å². The zero-order valence-corrected chi connectivity index (χ0v) is 15.5. The number of nitrogens with one attached hydrogen (secondary N) is 2. The van der Waals surface area contributed by atoms with Gasteiger partial charge in [-0.1, -0.05) is 25.3 Å². The van der Waals surface area contributed by atoms with E-state index in [1.165, 1.54) is 32.1 Å². The van der Waals surface area contributed by atoms with Gasteiger partial charge in [0.2, 0.25) is 0 Å². The van der Waals surface area contributed by atoms with Gasteiger partial charge in [-0.25, -0.2) is 4.72 Å². The highest BCUT2D eigenvalue weighted by Crippen LogP contribution is 2.26. The lowest BCUT2D eigenvalue weighted by atomic mass is 9.90. The summed E-state index contributed by atoms with van der Waals surface area (Å²) >= 11 is -1.07. The molecule has 1 saturated carbocycles. The topological polar surface area (TPSA) is 56.3 Å². The Morgan fingerprint density at radius 3 is 2.44 bits per heavy atom. The van der Waals surface area contributed by atoms with Crippen LogP contribution >= 0.6 is 0 Å². The van der Waals surface area contributed by atoms with Crippen LogP contribution < -0.4 is 14.8 Å². The van der Waals surface area contributed by atoms with Gasteiger partial charge >= 0.3 is 0 Å². The number of benzene rings is 2. The predicted octanol–water partition coefficient (Wildman–Crippen LogP) is 5.09. The second kappa shape index (κ2) is 9.02. The average molecular weight is 359 g/mol. The molecule has 1 unspecified atom stereocenters. The molecule has 1 fully saturated rings. The first-order valence-electron chi connectivity index (χ1n) is 8.89. The highest BCUT2D eigenvalue weighted by Gasteiger charge is 2.13. The Morgan fingerprint density at radius 2 is 1.72 bits per heavy atom. The summed E-state index contributed by atoms with van der Waals surface area (Å²) in [4.78, 5) is 0. The molecule has 1 atom stereocenters. The fourth-order valence-electron chi connectivity index (χ4n) is 3.20. The quantitative estimate of drug-likeness (QED) is 0.677. The van der Waals surface area contributed by atoms with E-state index in [0.29, 0.717) is 5.92 Å². The molecule has 0 bridgehead atoms. The number of rotatable bonds is 7. The van der Waals surface area contributed by atoms with Crippen molar-refractivity contribution in [3.05, 3.63) is 48.5 Å². The maximum atomic E-state index is 11.3. The molecule has 2 N–H and O–H groups in total. The lowest BCUT2D eigenvalue weighted by Gasteiger charge is -2.21. The molecule has 2 aromatic rings. The molecular formula is C20H26N2O2S. The van der Waals surface area contributed by atoms with Crippen molar-refractivity contribution in [3.8, 4) is 5.75 Å². The van der Waals surface area contributed by atoms with Crippen molar-refractivity contribution in [1.29, 1.82) is 0 Å².